The lowest BCUT2D eigenvalue weighted by Crippen LogP contribution is -2.34. The van der Waals surface area contributed by atoms with Crippen molar-refractivity contribution in [3.05, 3.63) is 59.5 Å². The first kappa shape index (κ1) is 14.5. The Hall–Kier alpha value is -2.89. The Morgan fingerprint density at radius 1 is 1.19 bits per heavy atom. The molecule has 21 heavy (non-hydrogen) atoms. The van der Waals surface area contributed by atoms with Crippen molar-refractivity contribution in [1.29, 1.82) is 0 Å². The second-order valence-corrected chi connectivity index (χ2v) is 4.29. The van der Waals surface area contributed by atoms with Crippen molar-refractivity contribution < 1.29 is 14.0 Å². The molecule has 0 aliphatic rings. The lowest BCUT2D eigenvalue weighted by atomic mass is 10.2. The summed E-state index contributed by atoms with van der Waals surface area (Å²) in [4.78, 5) is 23.2. The summed E-state index contributed by atoms with van der Waals surface area (Å²) in [6, 6.07) is 12.2. The number of furan rings is 1. The second-order valence-electron chi connectivity index (χ2n) is 4.29. The number of hydrazone groups is 1. The molecular weight excluding hydrogens is 270 g/mol. The van der Waals surface area contributed by atoms with E-state index in [-0.39, 0.29) is 12.5 Å². The van der Waals surface area contributed by atoms with Gasteiger partial charge in [0.1, 0.15) is 11.5 Å². The van der Waals surface area contributed by atoms with Crippen LogP contribution in [0.25, 0.3) is 0 Å². The van der Waals surface area contributed by atoms with Crippen LogP contribution in [0.3, 0.4) is 0 Å². The molecule has 0 unspecified atom stereocenters. The Balaban J connectivity index is 1.75. The quantitative estimate of drug-likeness (QED) is 0.644. The molecule has 0 saturated heterocycles. The number of rotatable bonds is 5. The summed E-state index contributed by atoms with van der Waals surface area (Å²) in [6.07, 6.45) is 1.39. The van der Waals surface area contributed by atoms with E-state index in [1.807, 2.05) is 13.0 Å². The van der Waals surface area contributed by atoms with Crippen molar-refractivity contribution >= 4 is 18.0 Å². The average molecular weight is 285 g/mol. The third-order valence-electron chi connectivity index (χ3n) is 2.59. The van der Waals surface area contributed by atoms with Crippen molar-refractivity contribution in [2.45, 2.75) is 6.92 Å². The molecule has 6 nitrogen and oxygen atoms in total. The molecule has 0 aliphatic heterocycles. The third-order valence-corrected chi connectivity index (χ3v) is 2.59. The molecule has 2 aromatic rings. The van der Waals surface area contributed by atoms with Crippen LogP contribution < -0.4 is 10.7 Å². The first-order valence-corrected chi connectivity index (χ1v) is 6.37. The summed E-state index contributed by atoms with van der Waals surface area (Å²) in [5.41, 5.74) is 2.80. The average Bonchev–Trinajstić information content (AvgIpc) is 2.91. The van der Waals surface area contributed by atoms with Gasteiger partial charge in [-0.05, 0) is 31.2 Å². The van der Waals surface area contributed by atoms with Crippen molar-refractivity contribution in [2.75, 3.05) is 6.54 Å². The number of carbonyl (C=O) groups excluding carboxylic acids is 2. The smallest absolute Gasteiger partial charge is 0.259 e. The molecule has 0 bridgehead atoms. The van der Waals surface area contributed by atoms with Crippen LogP contribution in [0, 0.1) is 6.92 Å². The summed E-state index contributed by atoms with van der Waals surface area (Å²) >= 11 is 0. The zero-order valence-corrected chi connectivity index (χ0v) is 11.5. The SMILES string of the molecule is Cc1ccc(/C=N\NC(=O)CNC(=O)c2ccccc2)o1. The van der Waals surface area contributed by atoms with Crippen LogP contribution in [0.1, 0.15) is 21.9 Å². The highest BCUT2D eigenvalue weighted by atomic mass is 16.3. The largest absolute Gasteiger partial charge is 0.460 e. The van der Waals surface area contributed by atoms with Crippen molar-refractivity contribution in [3.8, 4) is 0 Å². The Morgan fingerprint density at radius 2 is 1.95 bits per heavy atom. The number of amides is 2. The predicted octanol–water partition coefficient (Wildman–Crippen LogP) is 1.47. The fraction of sp³-hybridized carbons (Fsp3) is 0.133. The lowest BCUT2D eigenvalue weighted by molar-refractivity contribution is -0.120. The molecule has 2 amide bonds. The molecule has 0 atom stereocenters. The zero-order chi connectivity index (χ0) is 15.1. The third kappa shape index (κ3) is 4.61. The first-order chi connectivity index (χ1) is 10.1. The summed E-state index contributed by atoms with van der Waals surface area (Å²) in [5, 5.41) is 6.24. The maximum atomic E-state index is 11.7. The fourth-order valence-corrected chi connectivity index (χ4v) is 1.58. The Morgan fingerprint density at radius 3 is 2.62 bits per heavy atom. The maximum absolute atomic E-state index is 11.7. The zero-order valence-electron chi connectivity index (χ0n) is 11.5. The van der Waals surface area contributed by atoms with E-state index in [0.717, 1.165) is 5.76 Å². The van der Waals surface area contributed by atoms with Crippen molar-refractivity contribution in [1.82, 2.24) is 10.7 Å². The van der Waals surface area contributed by atoms with Gasteiger partial charge in [-0.3, -0.25) is 9.59 Å². The molecule has 0 fully saturated rings. The molecule has 108 valence electrons. The van der Waals surface area contributed by atoms with Crippen LogP contribution in [-0.2, 0) is 4.79 Å². The maximum Gasteiger partial charge on any atom is 0.259 e. The van der Waals surface area contributed by atoms with Gasteiger partial charge in [-0.2, -0.15) is 5.10 Å². The number of benzene rings is 1. The van der Waals surface area contributed by atoms with E-state index in [2.05, 4.69) is 15.8 Å². The molecule has 1 aromatic carbocycles. The van der Waals surface area contributed by atoms with Crippen molar-refractivity contribution in [2.24, 2.45) is 5.10 Å². The van der Waals surface area contributed by atoms with Crippen LogP contribution in [0.2, 0.25) is 0 Å². The molecule has 2 rings (SSSR count). The lowest BCUT2D eigenvalue weighted by Gasteiger charge is -2.03. The molecule has 2 N–H and O–H groups in total. The van der Waals surface area contributed by atoms with E-state index >= 15 is 0 Å². The van der Waals surface area contributed by atoms with Gasteiger partial charge in [0.15, 0.2) is 0 Å². The molecule has 0 aliphatic carbocycles. The van der Waals surface area contributed by atoms with Crippen LogP contribution >= 0.6 is 0 Å². The Bertz CT molecular complexity index is 647. The minimum atomic E-state index is -0.418. The van der Waals surface area contributed by atoms with Gasteiger partial charge in [0, 0.05) is 5.56 Å². The predicted molar refractivity (Wildman–Crippen MR) is 78.0 cm³/mol. The van der Waals surface area contributed by atoms with E-state index in [9.17, 15) is 9.59 Å². The highest BCUT2D eigenvalue weighted by molar-refractivity contribution is 5.96. The van der Waals surface area contributed by atoms with E-state index in [1.54, 1.807) is 36.4 Å². The van der Waals surface area contributed by atoms with E-state index in [1.165, 1.54) is 6.21 Å². The number of hydrogen-bond donors (Lipinski definition) is 2. The molecular formula is C15H15N3O3. The first-order valence-electron chi connectivity index (χ1n) is 6.37. The molecule has 1 heterocycles. The van der Waals surface area contributed by atoms with Gasteiger partial charge >= 0.3 is 0 Å². The van der Waals surface area contributed by atoms with Gasteiger partial charge in [0.25, 0.3) is 11.8 Å². The van der Waals surface area contributed by atoms with Gasteiger partial charge in [0.05, 0.1) is 12.8 Å². The summed E-state index contributed by atoms with van der Waals surface area (Å²) in [5.74, 6) is 0.578. The van der Waals surface area contributed by atoms with Crippen LogP contribution in [0.5, 0.6) is 0 Å². The van der Waals surface area contributed by atoms with Crippen molar-refractivity contribution in [3.63, 3.8) is 0 Å². The van der Waals surface area contributed by atoms with Gasteiger partial charge in [0.2, 0.25) is 0 Å². The van der Waals surface area contributed by atoms with Gasteiger partial charge in [-0.25, -0.2) is 5.43 Å². The highest BCUT2D eigenvalue weighted by Gasteiger charge is 2.06. The normalized spacial score (nSPS) is 10.5. The molecule has 0 spiro atoms. The monoisotopic (exact) mass is 285 g/mol. The number of nitrogens with zero attached hydrogens (tertiary/aromatic N) is 1. The number of hydrogen-bond acceptors (Lipinski definition) is 4. The van der Waals surface area contributed by atoms with Crippen LogP contribution in [0.15, 0.2) is 52.0 Å². The minimum absolute atomic E-state index is 0.151. The van der Waals surface area contributed by atoms with E-state index < -0.39 is 5.91 Å². The Kier molecular flexibility index (Phi) is 4.87. The summed E-state index contributed by atoms with van der Waals surface area (Å²) in [6.45, 7) is 1.66. The summed E-state index contributed by atoms with van der Waals surface area (Å²) < 4.78 is 5.25. The fourth-order valence-electron chi connectivity index (χ4n) is 1.58. The molecule has 6 heteroatoms. The summed E-state index contributed by atoms with van der Waals surface area (Å²) in [7, 11) is 0. The minimum Gasteiger partial charge on any atom is -0.460 e. The topological polar surface area (TPSA) is 83.7 Å². The molecule has 0 saturated carbocycles. The van der Waals surface area contributed by atoms with Gasteiger partial charge in [-0.1, -0.05) is 18.2 Å². The van der Waals surface area contributed by atoms with Gasteiger partial charge < -0.3 is 9.73 Å². The van der Waals surface area contributed by atoms with E-state index in [4.69, 9.17) is 4.42 Å². The van der Waals surface area contributed by atoms with E-state index in [0.29, 0.717) is 11.3 Å². The Labute approximate surface area is 121 Å². The standard InChI is InChI=1S/C15H15N3O3/c1-11-7-8-13(21-11)9-17-18-14(19)10-16-15(20)12-5-3-2-4-6-12/h2-9H,10H2,1H3,(H,16,20)(H,18,19)/b17-9-. The number of aryl methyl sites for hydroxylation is 1. The van der Waals surface area contributed by atoms with Crippen LogP contribution in [-0.4, -0.2) is 24.6 Å². The molecule has 0 radical (unpaired) electrons. The molecule has 1 aromatic heterocycles. The highest BCUT2D eigenvalue weighted by Crippen LogP contribution is 2.02. The number of carbonyl (C=O) groups is 2. The number of nitrogens with one attached hydrogen (secondary N) is 2. The van der Waals surface area contributed by atoms with Crippen LogP contribution in [0.4, 0.5) is 0 Å². The second kappa shape index (κ2) is 7.04. The van der Waals surface area contributed by atoms with Gasteiger partial charge in [-0.15, -0.1) is 0 Å².